The number of aromatic nitrogens is 1. The summed E-state index contributed by atoms with van der Waals surface area (Å²) in [6.07, 6.45) is 2.63. The zero-order chi connectivity index (χ0) is 19.5. The van der Waals surface area contributed by atoms with E-state index in [0.717, 1.165) is 56.5 Å². The Morgan fingerprint density at radius 1 is 1.11 bits per heavy atom. The molecule has 0 saturated carbocycles. The van der Waals surface area contributed by atoms with E-state index in [1.807, 2.05) is 29.2 Å². The molecule has 2 fully saturated rings. The number of anilines is 1. The molecule has 7 heteroatoms. The molecule has 1 amide bonds. The van der Waals surface area contributed by atoms with Crippen LogP contribution in [0, 0.1) is 0 Å². The van der Waals surface area contributed by atoms with Crippen LogP contribution in [0.25, 0.3) is 0 Å². The predicted molar refractivity (Wildman–Crippen MR) is 112 cm³/mol. The van der Waals surface area contributed by atoms with E-state index in [2.05, 4.69) is 26.9 Å². The van der Waals surface area contributed by atoms with E-state index in [-0.39, 0.29) is 11.9 Å². The van der Waals surface area contributed by atoms with E-state index in [4.69, 9.17) is 17.3 Å². The van der Waals surface area contributed by atoms with Crippen molar-refractivity contribution in [2.75, 3.05) is 44.2 Å². The number of halogens is 1. The van der Waals surface area contributed by atoms with Gasteiger partial charge in [0.2, 0.25) is 0 Å². The van der Waals surface area contributed by atoms with Crippen LogP contribution in [0.2, 0.25) is 5.02 Å². The molecule has 2 aliphatic rings. The number of hydrogen-bond acceptors (Lipinski definition) is 5. The molecular formula is C21H26ClN5O. The van der Waals surface area contributed by atoms with Gasteiger partial charge in [0.15, 0.2) is 0 Å². The fraction of sp³-hybridized carbons (Fsp3) is 0.429. The zero-order valence-corrected chi connectivity index (χ0v) is 16.7. The molecule has 0 unspecified atom stereocenters. The van der Waals surface area contributed by atoms with E-state index >= 15 is 0 Å². The summed E-state index contributed by atoms with van der Waals surface area (Å²) in [5.74, 6) is 0.832. The molecule has 0 aliphatic carbocycles. The standard InChI is InChI=1S/C21H26ClN5O/c22-17-5-3-16(4-6-17)14-25-10-12-26(13-11-25)20-19(2-1-8-24-20)21(28)27-9-7-18(23)15-27/h1-6,8,18H,7,9-15,23H2/t18-/m0/s1. The lowest BCUT2D eigenvalue weighted by Crippen LogP contribution is -2.47. The summed E-state index contributed by atoms with van der Waals surface area (Å²) in [6.45, 7) is 5.83. The van der Waals surface area contributed by atoms with Gasteiger partial charge in [-0.1, -0.05) is 23.7 Å². The van der Waals surface area contributed by atoms with Crippen LogP contribution in [-0.2, 0) is 6.54 Å². The summed E-state index contributed by atoms with van der Waals surface area (Å²) in [5, 5.41) is 0.764. The van der Waals surface area contributed by atoms with Gasteiger partial charge >= 0.3 is 0 Å². The topological polar surface area (TPSA) is 65.7 Å². The number of piperazine rings is 1. The second kappa shape index (κ2) is 8.47. The molecule has 2 saturated heterocycles. The second-order valence-corrected chi connectivity index (χ2v) is 8.00. The largest absolute Gasteiger partial charge is 0.353 e. The number of carbonyl (C=O) groups is 1. The van der Waals surface area contributed by atoms with Crippen molar-refractivity contribution in [1.29, 1.82) is 0 Å². The van der Waals surface area contributed by atoms with Gasteiger partial charge in [0.25, 0.3) is 5.91 Å². The van der Waals surface area contributed by atoms with Gasteiger partial charge in [-0.25, -0.2) is 4.98 Å². The van der Waals surface area contributed by atoms with Crippen LogP contribution in [-0.4, -0.2) is 66.0 Å². The van der Waals surface area contributed by atoms with E-state index in [1.54, 1.807) is 6.20 Å². The van der Waals surface area contributed by atoms with Gasteiger partial charge in [-0.05, 0) is 36.2 Å². The molecule has 1 aromatic carbocycles. The lowest BCUT2D eigenvalue weighted by atomic mass is 10.1. The Kier molecular flexibility index (Phi) is 5.80. The fourth-order valence-corrected chi connectivity index (χ4v) is 4.05. The Morgan fingerprint density at radius 2 is 1.86 bits per heavy atom. The molecule has 2 aliphatic heterocycles. The summed E-state index contributed by atoms with van der Waals surface area (Å²) in [4.78, 5) is 24.0. The highest BCUT2D eigenvalue weighted by Gasteiger charge is 2.28. The minimum Gasteiger partial charge on any atom is -0.353 e. The SMILES string of the molecule is N[C@H]1CCN(C(=O)c2cccnc2N2CCN(Cc3ccc(Cl)cc3)CC2)C1. The summed E-state index contributed by atoms with van der Waals surface area (Å²) >= 11 is 5.97. The Morgan fingerprint density at radius 3 is 2.54 bits per heavy atom. The Labute approximate surface area is 170 Å². The first-order valence-corrected chi connectivity index (χ1v) is 10.2. The minimum absolute atomic E-state index is 0.0413. The van der Waals surface area contributed by atoms with Crippen LogP contribution in [0.15, 0.2) is 42.6 Å². The van der Waals surface area contributed by atoms with Gasteiger partial charge in [0.1, 0.15) is 5.82 Å². The monoisotopic (exact) mass is 399 g/mol. The van der Waals surface area contributed by atoms with Crippen LogP contribution in [0.5, 0.6) is 0 Å². The molecule has 0 bridgehead atoms. The number of nitrogens with two attached hydrogens (primary N) is 1. The third kappa shape index (κ3) is 4.29. The van der Waals surface area contributed by atoms with Crippen molar-refractivity contribution in [2.45, 2.75) is 19.0 Å². The van der Waals surface area contributed by atoms with Crippen LogP contribution in [0.3, 0.4) is 0 Å². The maximum atomic E-state index is 13.0. The van der Waals surface area contributed by atoms with Gasteiger partial charge in [-0.15, -0.1) is 0 Å². The number of hydrogen-bond donors (Lipinski definition) is 1. The van der Waals surface area contributed by atoms with Crippen LogP contribution < -0.4 is 10.6 Å². The maximum absolute atomic E-state index is 13.0. The summed E-state index contributed by atoms with van der Waals surface area (Å²) in [7, 11) is 0. The molecule has 1 aromatic heterocycles. The molecule has 148 valence electrons. The van der Waals surface area contributed by atoms with Gasteiger partial charge < -0.3 is 15.5 Å². The van der Waals surface area contributed by atoms with Crippen molar-refractivity contribution in [3.05, 3.63) is 58.7 Å². The number of carbonyl (C=O) groups excluding carboxylic acids is 1. The van der Waals surface area contributed by atoms with Crippen molar-refractivity contribution in [2.24, 2.45) is 5.73 Å². The lowest BCUT2D eigenvalue weighted by molar-refractivity contribution is 0.0791. The first-order valence-electron chi connectivity index (χ1n) is 9.82. The number of likely N-dealkylation sites (tertiary alicyclic amines) is 1. The highest BCUT2D eigenvalue weighted by molar-refractivity contribution is 6.30. The van der Waals surface area contributed by atoms with Crippen molar-refractivity contribution < 1.29 is 4.79 Å². The third-order valence-corrected chi connectivity index (χ3v) is 5.77. The molecule has 6 nitrogen and oxygen atoms in total. The van der Waals surface area contributed by atoms with E-state index in [1.165, 1.54) is 5.56 Å². The number of nitrogens with zero attached hydrogens (tertiary/aromatic N) is 4. The summed E-state index contributed by atoms with van der Waals surface area (Å²) in [5.41, 5.74) is 7.92. The predicted octanol–water partition coefficient (Wildman–Crippen LogP) is 2.23. The van der Waals surface area contributed by atoms with Crippen molar-refractivity contribution in [1.82, 2.24) is 14.8 Å². The van der Waals surface area contributed by atoms with Gasteiger partial charge in [-0.2, -0.15) is 0 Å². The Balaban J connectivity index is 1.40. The quantitative estimate of drug-likeness (QED) is 0.854. The van der Waals surface area contributed by atoms with Crippen LogP contribution >= 0.6 is 11.6 Å². The van der Waals surface area contributed by atoms with Crippen LogP contribution in [0.4, 0.5) is 5.82 Å². The average Bonchev–Trinajstić information content (AvgIpc) is 3.16. The Bertz CT molecular complexity index is 820. The normalized spacial score (nSPS) is 20.6. The molecule has 1 atom stereocenters. The second-order valence-electron chi connectivity index (χ2n) is 7.56. The molecule has 28 heavy (non-hydrogen) atoms. The molecule has 3 heterocycles. The van der Waals surface area contributed by atoms with Crippen molar-refractivity contribution in [3.63, 3.8) is 0 Å². The smallest absolute Gasteiger partial charge is 0.257 e. The summed E-state index contributed by atoms with van der Waals surface area (Å²) < 4.78 is 0. The average molecular weight is 400 g/mol. The zero-order valence-electron chi connectivity index (χ0n) is 15.9. The molecule has 2 N–H and O–H groups in total. The lowest BCUT2D eigenvalue weighted by Gasteiger charge is -2.36. The van der Waals surface area contributed by atoms with Gasteiger partial charge in [0, 0.05) is 63.1 Å². The van der Waals surface area contributed by atoms with Crippen molar-refractivity contribution >= 4 is 23.3 Å². The fourth-order valence-electron chi connectivity index (χ4n) is 3.92. The first kappa shape index (κ1) is 19.2. The first-order chi connectivity index (χ1) is 13.6. The van der Waals surface area contributed by atoms with E-state index in [0.29, 0.717) is 12.1 Å². The van der Waals surface area contributed by atoms with E-state index < -0.39 is 0 Å². The number of pyridine rings is 1. The minimum atomic E-state index is 0.0413. The highest BCUT2D eigenvalue weighted by Crippen LogP contribution is 2.23. The Hall–Kier alpha value is -2.15. The number of amides is 1. The van der Waals surface area contributed by atoms with Crippen molar-refractivity contribution in [3.8, 4) is 0 Å². The van der Waals surface area contributed by atoms with Gasteiger partial charge in [-0.3, -0.25) is 9.69 Å². The van der Waals surface area contributed by atoms with Gasteiger partial charge in [0.05, 0.1) is 5.56 Å². The number of rotatable bonds is 4. The molecule has 0 spiro atoms. The van der Waals surface area contributed by atoms with E-state index in [9.17, 15) is 4.79 Å². The maximum Gasteiger partial charge on any atom is 0.257 e. The third-order valence-electron chi connectivity index (χ3n) is 5.52. The highest BCUT2D eigenvalue weighted by atomic mass is 35.5. The number of benzene rings is 1. The van der Waals surface area contributed by atoms with Crippen LogP contribution in [0.1, 0.15) is 22.3 Å². The summed E-state index contributed by atoms with van der Waals surface area (Å²) in [6, 6.07) is 11.8. The molecule has 0 radical (unpaired) electrons. The molecule has 2 aromatic rings. The molecule has 4 rings (SSSR count). The molecular weight excluding hydrogens is 374 g/mol.